The summed E-state index contributed by atoms with van der Waals surface area (Å²) in [6.07, 6.45) is 2.93. The van der Waals surface area contributed by atoms with Crippen LogP contribution in [0.4, 0.5) is 4.79 Å². The molecule has 1 saturated carbocycles. The summed E-state index contributed by atoms with van der Waals surface area (Å²) in [6.45, 7) is 5.65. The molecule has 116 valence electrons. The van der Waals surface area contributed by atoms with E-state index in [1.807, 2.05) is 18.2 Å². The number of nitrogens with one attached hydrogen (secondary N) is 2. The summed E-state index contributed by atoms with van der Waals surface area (Å²) in [5.41, 5.74) is 1.24. The van der Waals surface area contributed by atoms with Crippen molar-refractivity contribution in [2.24, 2.45) is 10.8 Å². The lowest BCUT2D eigenvalue weighted by atomic mass is 9.86. The third-order valence-electron chi connectivity index (χ3n) is 4.17. The standard InChI is InChI=1S/C17H26N2O2/c1-16(2,10-14-6-4-3-5-7-14)11-18-15(21)19-12-17(13-20)8-9-17/h3-7,20H,8-13H2,1-2H3,(H2,18,19,21). The second-order valence-corrected chi connectivity index (χ2v) is 7.02. The van der Waals surface area contributed by atoms with E-state index in [4.69, 9.17) is 0 Å². The Bertz CT molecular complexity index is 467. The number of urea groups is 1. The number of rotatable bonds is 7. The van der Waals surface area contributed by atoms with E-state index >= 15 is 0 Å². The number of hydrogen-bond acceptors (Lipinski definition) is 2. The normalized spacial score (nSPS) is 16.3. The van der Waals surface area contributed by atoms with Crippen LogP contribution >= 0.6 is 0 Å². The number of amides is 2. The first kappa shape index (κ1) is 15.8. The van der Waals surface area contributed by atoms with E-state index in [-0.39, 0.29) is 23.5 Å². The van der Waals surface area contributed by atoms with E-state index < -0.39 is 0 Å². The van der Waals surface area contributed by atoms with Gasteiger partial charge in [0.25, 0.3) is 0 Å². The smallest absolute Gasteiger partial charge is 0.314 e. The number of carbonyl (C=O) groups is 1. The van der Waals surface area contributed by atoms with E-state index in [0.717, 1.165) is 19.3 Å². The van der Waals surface area contributed by atoms with Crippen molar-refractivity contribution in [3.63, 3.8) is 0 Å². The Morgan fingerprint density at radius 2 is 1.90 bits per heavy atom. The molecule has 1 aromatic carbocycles. The Hall–Kier alpha value is -1.55. The SMILES string of the molecule is CC(C)(CNC(=O)NCC1(CO)CC1)Cc1ccccc1. The van der Waals surface area contributed by atoms with Gasteiger partial charge in [0.1, 0.15) is 0 Å². The molecule has 0 bridgehead atoms. The van der Waals surface area contributed by atoms with Gasteiger partial charge in [-0.05, 0) is 30.2 Å². The number of hydrogen-bond donors (Lipinski definition) is 3. The fourth-order valence-corrected chi connectivity index (χ4v) is 2.43. The van der Waals surface area contributed by atoms with Crippen LogP contribution in [0.3, 0.4) is 0 Å². The maximum absolute atomic E-state index is 11.8. The lowest BCUT2D eigenvalue weighted by Crippen LogP contribution is -2.43. The number of aliphatic hydroxyl groups excluding tert-OH is 1. The Morgan fingerprint density at radius 3 is 2.48 bits per heavy atom. The largest absolute Gasteiger partial charge is 0.396 e. The predicted molar refractivity (Wildman–Crippen MR) is 84.1 cm³/mol. The minimum atomic E-state index is -0.143. The van der Waals surface area contributed by atoms with Gasteiger partial charge in [-0.3, -0.25) is 0 Å². The predicted octanol–water partition coefficient (Wildman–Crippen LogP) is 2.33. The highest BCUT2D eigenvalue weighted by atomic mass is 16.3. The highest BCUT2D eigenvalue weighted by molar-refractivity contribution is 5.73. The number of aliphatic hydroxyl groups is 1. The molecule has 21 heavy (non-hydrogen) atoms. The van der Waals surface area contributed by atoms with Gasteiger partial charge in [-0.2, -0.15) is 0 Å². The molecule has 0 spiro atoms. The van der Waals surface area contributed by atoms with Gasteiger partial charge in [-0.25, -0.2) is 4.79 Å². The maximum Gasteiger partial charge on any atom is 0.314 e. The second kappa shape index (κ2) is 6.48. The molecule has 0 radical (unpaired) electrons. The van der Waals surface area contributed by atoms with Crippen LogP contribution in [0, 0.1) is 10.8 Å². The zero-order valence-electron chi connectivity index (χ0n) is 13.0. The van der Waals surface area contributed by atoms with Crippen molar-refractivity contribution < 1.29 is 9.90 Å². The molecule has 0 heterocycles. The summed E-state index contributed by atoms with van der Waals surface area (Å²) >= 11 is 0. The third-order valence-corrected chi connectivity index (χ3v) is 4.17. The van der Waals surface area contributed by atoms with Crippen molar-refractivity contribution in [1.29, 1.82) is 0 Å². The maximum atomic E-state index is 11.8. The second-order valence-electron chi connectivity index (χ2n) is 7.02. The van der Waals surface area contributed by atoms with Crippen molar-refractivity contribution in [2.45, 2.75) is 33.1 Å². The molecule has 1 fully saturated rings. The molecule has 1 aromatic rings. The lowest BCUT2D eigenvalue weighted by Gasteiger charge is -2.25. The topological polar surface area (TPSA) is 61.4 Å². The molecule has 2 amide bonds. The van der Waals surface area contributed by atoms with Crippen molar-refractivity contribution >= 4 is 6.03 Å². The molecule has 1 aliphatic rings. The Balaban J connectivity index is 1.72. The van der Waals surface area contributed by atoms with Crippen LogP contribution in [0.15, 0.2) is 30.3 Å². The van der Waals surface area contributed by atoms with Gasteiger partial charge < -0.3 is 15.7 Å². The molecule has 4 nitrogen and oxygen atoms in total. The summed E-state index contributed by atoms with van der Waals surface area (Å²) in [6, 6.07) is 10.2. The molecule has 2 rings (SSSR count). The quantitative estimate of drug-likeness (QED) is 0.722. The van der Waals surface area contributed by atoms with Gasteiger partial charge in [-0.15, -0.1) is 0 Å². The zero-order chi connectivity index (χ0) is 15.3. The molecule has 0 unspecified atom stereocenters. The number of benzene rings is 1. The Kier molecular flexibility index (Phi) is 4.88. The van der Waals surface area contributed by atoms with Crippen molar-refractivity contribution in [3.8, 4) is 0 Å². The third kappa shape index (κ3) is 5.05. The van der Waals surface area contributed by atoms with Gasteiger partial charge >= 0.3 is 6.03 Å². The van der Waals surface area contributed by atoms with E-state index in [1.165, 1.54) is 5.56 Å². The van der Waals surface area contributed by atoms with Gasteiger partial charge in [-0.1, -0.05) is 44.2 Å². The summed E-state index contributed by atoms with van der Waals surface area (Å²) < 4.78 is 0. The molecular weight excluding hydrogens is 264 g/mol. The summed E-state index contributed by atoms with van der Waals surface area (Å²) in [4.78, 5) is 11.8. The van der Waals surface area contributed by atoms with Gasteiger partial charge in [0.05, 0.1) is 6.61 Å². The van der Waals surface area contributed by atoms with Crippen molar-refractivity contribution in [2.75, 3.05) is 19.7 Å². The molecule has 0 aromatic heterocycles. The van der Waals surface area contributed by atoms with Crippen LogP contribution < -0.4 is 10.6 Å². The van der Waals surface area contributed by atoms with Gasteiger partial charge in [0.15, 0.2) is 0 Å². The highest BCUT2D eigenvalue weighted by Gasteiger charge is 2.42. The fourth-order valence-electron chi connectivity index (χ4n) is 2.43. The molecular formula is C17H26N2O2. The molecule has 1 aliphatic carbocycles. The minimum absolute atomic E-state index is 0.00688. The average molecular weight is 290 g/mol. The van der Waals surface area contributed by atoms with Gasteiger partial charge in [0, 0.05) is 18.5 Å². The molecule has 0 saturated heterocycles. The van der Waals surface area contributed by atoms with Crippen LogP contribution in [0.5, 0.6) is 0 Å². The summed E-state index contributed by atoms with van der Waals surface area (Å²) in [7, 11) is 0. The first-order valence-electron chi connectivity index (χ1n) is 7.61. The van der Waals surface area contributed by atoms with Crippen LogP contribution in [-0.4, -0.2) is 30.8 Å². The molecule has 4 heteroatoms. The van der Waals surface area contributed by atoms with Crippen LogP contribution in [0.25, 0.3) is 0 Å². The molecule has 3 N–H and O–H groups in total. The average Bonchev–Trinajstić information content (AvgIpc) is 3.24. The van der Waals surface area contributed by atoms with Crippen LogP contribution in [-0.2, 0) is 6.42 Å². The fraction of sp³-hybridized carbons (Fsp3) is 0.588. The Morgan fingerprint density at radius 1 is 1.24 bits per heavy atom. The monoisotopic (exact) mass is 290 g/mol. The van der Waals surface area contributed by atoms with E-state index in [9.17, 15) is 9.90 Å². The Labute approximate surface area is 126 Å². The van der Waals surface area contributed by atoms with Gasteiger partial charge in [0.2, 0.25) is 0 Å². The summed E-state index contributed by atoms with van der Waals surface area (Å²) in [5.74, 6) is 0. The first-order valence-corrected chi connectivity index (χ1v) is 7.61. The molecule has 0 aliphatic heterocycles. The van der Waals surface area contributed by atoms with Crippen LogP contribution in [0.1, 0.15) is 32.3 Å². The van der Waals surface area contributed by atoms with E-state index in [2.05, 4.69) is 36.6 Å². The lowest BCUT2D eigenvalue weighted by molar-refractivity contribution is 0.201. The van der Waals surface area contributed by atoms with Crippen molar-refractivity contribution in [3.05, 3.63) is 35.9 Å². The van der Waals surface area contributed by atoms with E-state index in [1.54, 1.807) is 0 Å². The van der Waals surface area contributed by atoms with Crippen LogP contribution in [0.2, 0.25) is 0 Å². The summed E-state index contributed by atoms with van der Waals surface area (Å²) in [5, 5.41) is 15.0. The zero-order valence-corrected chi connectivity index (χ0v) is 13.0. The van der Waals surface area contributed by atoms with Crippen molar-refractivity contribution in [1.82, 2.24) is 10.6 Å². The minimum Gasteiger partial charge on any atom is -0.396 e. The van der Waals surface area contributed by atoms with E-state index in [0.29, 0.717) is 13.1 Å². The highest BCUT2D eigenvalue weighted by Crippen LogP contribution is 2.44. The first-order chi connectivity index (χ1) is 9.95. The molecule has 0 atom stereocenters. The number of carbonyl (C=O) groups excluding carboxylic acids is 1.